The van der Waals surface area contributed by atoms with Crippen LogP contribution < -0.4 is 20.9 Å². The van der Waals surface area contributed by atoms with Gasteiger partial charge in [0.2, 0.25) is 5.82 Å². The first-order chi connectivity index (χ1) is 22.6. The molecule has 0 aliphatic rings. The summed E-state index contributed by atoms with van der Waals surface area (Å²) in [6.07, 6.45) is -5.41. The van der Waals surface area contributed by atoms with Crippen LogP contribution in [0.1, 0.15) is 60.0 Å². The van der Waals surface area contributed by atoms with Gasteiger partial charge in [0.1, 0.15) is 11.3 Å². The van der Waals surface area contributed by atoms with Gasteiger partial charge in [0, 0.05) is 23.9 Å². The highest BCUT2D eigenvalue weighted by Gasteiger charge is 2.39. The van der Waals surface area contributed by atoms with E-state index < -0.39 is 72.4 Å². The molecular formula is C33H33F7N2O6. The molecule has 0 fully saturated rings. The first kappa shape index (κ1) is 37.5. The van der Waals surface area contributed by atoms with Crippen molar-refractivity contribution in [3.8, 4) is 11.5 Å². The summed E-state index contributed by atoms with van der Waals surface area (Å²) in [4.78, 5) is 24.0. The highest BCUT2D eigenvalue weighted by atomic mass is 19.4. The monoisotopic (exact) mass is 686 g/mol. The van der Waals surface area contributed by atoms with Gasteiger partial charge in [-0.3, -0.25) is 0 Å². The Morgan fingerprint density at radius 1 is 0.729 bits per heavy atom. The fraction of sp³-hybridized carbons (Fsp3) is 0.333. The summed E-state index contributed by atoms with van der Waals surface area (Å²) >= 11 is 0. The molecule has 0 spiro atoms. The molecule has 0 unspecified atom stereocenters. The molecule has 0 aliphatic carbocycles. The van der Waals surface area contributed by atoms with Crippen LogP contribution >= 0.6 is 0 Å². The van der Waals surface area contributed by atoms with Crippen molar-refractivity contribution in [3.05, 3.63) is 89.0 Å². The Kier molecular flexibility index (Phi) is 13.5. The molecule has 0 atom stereocenters. The van der Waals surface area contributed by atoms with Crippen molar-refractivity contribution >= 4 is 29.4 Å². The van der Waals surface area contributed by atoms with Crippen molar-refractivity contribution in [2.45, 2.75) is 50.8 Å². The van der Waals surface area contributed by atoms with Crippen molar-refractivity contribution in [3.63, 3.8) is 0 Å². The van der Waals surface area contributed by atoms with Crippen molar-refractivity contribution in [1.82, 2.24) is 0 Å². The Balaban J connectivity index is 1.37. The van der Waals surface area contributed by atoms with E-state index in [2.05, 4.69) is 4.74 Å². The second-order valence-electron chi connectivity index (χ2n) is 10.4. The smallest absolute Gasteiger partial charge is 0.429 e. The molecule has 0 radical (unpaired) electrons. The van der Waals surface area contributed by atoms with E-state index >= 15 is 0 Å². The Labute approximate surface area is 271 Å². The van der Waals surface area contributed by atoms with E-state index in [0.29, 0.717) is 48.3 Å². The highest BCUT2D eigenvalue weighted by Crippen LogP contribution is 2.36. The molecule has 0 saturated carbocycles. The molecule has 0 amide bonds. The molecule has 3 aromatic rings. The lowest BCUT2D eigenvalue weighted by Crippen LogP contribution is -2.24. The van der Waals surface area contributed by atoms with Crippen LogP contribution in [0.15, 0.2) is 60.7 Å². The molecule has 4 N–H and O–H groups in total. The number of nitrogen functional groups attached to an aromatic ring is 2. The van der Waals surface area contributed by atoms with Gasteiger partial charge in [0.25, 0.3) is 0 Å². The molecular weight excluding hydrogens is 653 g/mol. The van der Waals surface area contributed by atoms with Crippen molar-refractivity contribution in [1.29, 1.82) is 0 Å². The summed E-state index contributed by atoms with van der Waals surface area (Å²) in [5.41, 5.74) is 11.3. The maximum Gasteiger partial charge on any atom is 0.429 e. The minimum Gasteiger partial charge on any atom is -0.490 e. The van der Waals surface area contributed by atoms with Gasteiger partial charge < -0.3 is 30.4 Å². The summed E-state index contributed by atoms with van der Waals surface area (Å²) in [5, 5.41) is 0. The summed E-state index contributed by atoms with van der Waals surface area (Å²) in [6, 6.07) is 10.6. The molecule has 3 aromatic carbocycles. The minimum absolute atomic E-state index is 0.149. The largest absolute Gasteiger partial charge is 0.490 e. The lowest BCUT2D eigenvalue weighted by atomic mass is 10.1. The summed E-state index contributed by atoms with van der Waals surface area (Å²) in [5.74, 6) is -6.16. The van der Waals surface area contributed by atoms with Gasteiger partial charge in [-0.2, -0.15) is 26.3 Å². The minimum atomic E-state index is -4.46. The maximum absolute atomic E-state index is 14.7. The predicted molar refractivity (Wildman–Crippen MR) is 162 cm³/mol. The molecule has 0 aliphatic heterocycles. The van der Waals surface area contributed by atoms with Gasteiger partial charge in [0.15, 0.2) is 11.6 Å². The first-order valence-electron chi connectivity index (χ1n) is 14.7. The number of carbonyl (C=O) groups is 2. The van der Waals surface area contributed by atoms with Crippen LogP contribution in [0.4, 0.5) is 42.1 Å². The fourth-order valence-corrected chi connectivity index (χ4v) is 4.16. The summed E-state index contributed by atoms with van der Waals surface area (Å²) < 4.78 is 114. The molecule has 0 bridgehead atoms. The number of nitrogens with two attached hydrogens (primary N) is 2. The number of hydrogen-bond acceptors (Lipinski definition) is 8. The molecule has 0 heterocycles. The standard InChI is InChI=1S/C33H33F7N2O6/c34-29-26(11-12-27(30(29)35)45-17-5-14-32(36,37)38)33(39,40)48-25-9-6-21(7-10-25)8-13-28(43)46-15-3-1-2-4-16-47-31(44)22-18-23(41)20-24(42)19-22/h6-13,18-20H,1-5,14-17,41-42H2. The number of esters is 2. The van der Waals surface area contributed by atoms with E-state index in [1.54, 1.807) is 0 Å². The molecule has 15 heteroatoms. The molecule has 260 valence electrons. The average Bonchev–Trinajstić information content (AvgIpc) is 3.00. The SMILES string of the molecule is Nc1cc(N)cc(C(=O)OCCCCCCOC(=O)C=Cc2ccc(OC(F)(F)c3ccc(OCCCC(F)(F)F)c(F)c3F)cc2)c1. The lowest BCUT2D eigenvalue weighted by molar-refractivity contribution is -0.187. The number of hydrogen-bond donors (Lipinski definition) is 2. The number of benzene rings is 3. The maximum atomic E-state index is 14.7. The molecule has 8 nitrogen and oxygen atoms in total. The zero-order chi connectivity index (χ0) is 35.3. The zero-order valence-electron chi connectivity index (χ0n) is 25.5. The Morgan fingerprint density at radius 2 is 1.35 bits per heavy atom. The third-order valence-electron chi connectivity index (χ3n) is 6.49. The number of halogens is 7. The Hall–Kier alpha value is -4.95. The number of unbranched alkanes of at least 4 members (excludes halogenated alkanes) is 3. The molecule has 0 aromatic heterocycles. The Bertz CT molecular complexity index is 1540. The van der Waals surface area contributed by atoms with E-state index in [-0.39, 0.29) is 18.8 Å². The lowest BCUT2D eigenvalue weighted by Gasteiger charge is -2.20. The van der Waals surface area contributed by atoms with Crippen LogP contribution in [0.25, 0.3) is 6.08 Å². The number of carbonyl (C=O) groups excluding carboxylic acids is 2. The van der Waals surface area contributed by atoms with Crippen LogP contribution in [0.3, 0.4) is 0 Å². The van der Waals surface area contributed by atoms with Crippen LogP contribution in [-0.4, -0.2) is 37.9 Å². The van der Waals surface area contributed by atoms with E-state index in [0.717, 1.165) is 24.6 Å². The van der Waals surface area contributed by atoms with Crippen LogP contribution in [0, 0.1) is 11.6 Å². The second kappa shape index (κ2) is 17.3. The van der Waals surface area contributed by atoms with Crippen molar-refractivity contribution in [2.75, 3.05) is 31.3 Å². The average molecular weight is 687 g/mol. The van der Waals surface area contributed by atoms with Crippen LogP contribution in [0.2, 0.25) is 0 Å². The molecule has 3 rings (SSSR count). The van der Waals surface area contributed by atoms with Crippen molar-refractivity contribution in [2.24, 2.45) is 0 Å². The summed E-state index contributed by atoms with van der Waals surface area (Å²) in [6.45, 7) is -0.253. The van der Waals surface area contributed by atoms with E-state index in [9.17, 15) is 40.3 Å². The van der Waals surface area contributed by atoms with Gasteiger partial charge in [0.05, 0.1) is 25.4 Å². The fourth-order valence-electron chi connectivity index (χ4n) is 4.16. The predicted octanol–water partition coefficient (Wildman–Crippen LogP) is 7.95. The topological polar surface area (TPSA) is 123 Å². The molecule has 48 heavy (non-hydrogen) atoms. The number of ether oxygens (including phenoxy) is 4. The normalized spacial score (nSPS) is 11.8. The molecule has 0 saturated heterocycles. The van der Waals surface area contributed by atoms with E-state index in [1.807, 2.05) is 0 Å². The van der Waals surface area contributed by atoms with Gasteiger partial charge in [-0.05, 0) is 86.2 Å². The second-order valence-corrected chi connectivity index (χ2v) is 10.4. The number of rotatable bonds is 17. The van der Waals surface area contributed by atoms with Gasteiger partial charge >= 0.3 is 24.2 Å². The third kappa shape index (κ3) is 12.3. The number of alkyl halides is 5. The van der Waals surface area contributed by atoms with E-state index in [4.69, 9.17) is 25.7 Å². The highest BCUT2D eigenvalue weighted by molar-refractivity contribution is 5.91. The van der Waals surface area contributed by atoms with Gasteiger partial charge in [-0.1, -0.05) is 12.1 Å². The van der Waals surface area contributed by atoms with Gasteiger partial charge in [-0.25, -0.2) is 14.0 Å². The first-order valence-corrected chi connectivity index (χ1v) is 14.7. The quantitative estimate of drug-likeness (QED) is 0.0482. The zero-order valence-corrected chi connectivity index (χ0v) is 25.5. The third-order valence-corrected chi connectivity index (χ3v) is 6.49. The van der Waals surface area contributed by atoms with E-state index in [1.165, 1.54) is 36.4 Å². The van der Waals surface area contributed by atoms with Crippen molar-refractivity contribution < 1.29 is 59.3 Å². The van der Waals surface area contributed by atoms with Crippen LogP contribution in [0.5, 0.6) is 11.5 Å². The van der Waals surface area contributed by atoms with Gasteiger partial charge in [-0.15, -0.1) is 0 Å². The number of anilines is 2. The Morgan fingerprint density at radius 3 is 1.98 bits per heavy atom. The van der Waals surface area contributed by atoms with Crippen LogP contribution in [-0.2, 0) is 20.4 Å². The summed E-state index contributed by atoms with van der Waals surface area (Å²) in [7, 11) is 0.